The number of carbonyl (C=O) groups excluding carboxylic acids is 1. The van der Waals surface area contributed by atoms with Gasteiger partial charge in [0.05, 0.1) is 11.3 Å². The highest BCUT2D eigenvalue weighted by atomic mass is 35.7. The summed E-state index contributed by atoms with van der Waals surface area (Å²) >= 11 is 0. The molecule has 0 fully saturated rings. The van der Waals surface area contributed by atoms with Gasteiger partial charge in [-0.15, -0.1) is 0 Å². The van der Waals surface area contributed by atoms with E-state index in [0.717, 1.165) is 6.07 Å². The van der Waals surface area contributed by atoms with Crippen molar-refractivity contribution in [3.05, 3.63) is 28.8 Å². The van der Waals surface area contributed by atoms with Crippen molar-refractivity contribution in [1.82, 2.24) is 5.32 Å². The van der Waals surface area contributed by atoms with E-state index in [4.69, 9.17) is 10.7 Å². The van der Waals surface area contributed by atoms with Gasteiger partial charge in [-0.3, -0.25) is 4.79 Å². The van der Waals surface area contributed by atoms with Gasteiger partial charge in [-0.25, -0.2) is 8.42 Å². The molecule has 1 amide bonds. The van der Waals surface area contributed by atoms with Crippen LogP contribution in [0.3, 0.4) is 0 Å². The molecule has 0 aliphatic heterocycles. The largest absolute Gasteiger partial charge is 0.390 e. The zero-order valence-corrected chi connectivity index (χ0v) is 12.8. The zero-order valence-electron chi connectivity index (χ0n) is 11.2. The van der Waals surface area contributed by atoms with Gasteiger partial charge in [-0.2, -0.15) is 13.2 Å². The van der Waals surface area contributed by atoms with E-state index < -0.39 is 34.1 Å². The van der Waals surface area contributed by atoms with Crippen LogP contribution < -0.4 is 5.32 Å². The average Bonchev–Trinajstić information content (AvgIpc) is 2.24. The standard InChI is InChI=1S/C12H13ClF3NO3S/c1-7-5-8(2)10(21(13,19)20)6-9(7)11(18)17-4-3-12(14,15)16/h5-6H,3-4H2,1-2H3,(H,17,18). The highest BCUT2D eigenvalue weighted by Crippen LogP contribution is 2.24. The smallest absolute Gasteiger partial charge is 0.352 e. The van der Waals surface area contributed by atoms with Crippen LogP contribution >= 0.6 is 10.7 Å². The van der Waals surface area contributed by atoms with Gasteiger partial charge >= 0.3 is 6.18 Å². The van der Waals surface area contributed by atoms with E-state index in [0.29, 0.717) is 11.1 Å². The molecule has 0 saturated carbocycles. The fourth-order valence-corrected chi connectivity index (χ4v) is 2.95. The number of alkyl halides is 3. The first-order valence-electron chi connectivity index (χ1n) is 5.82. The zero-order chi connectivity index (χ0) is 16.4. The Kier molecular flexibility index (Phi) is 5.27. The van der Waals surface area contributed by atoms with E-state index >= 15 is 0 Å². The molecule has 1 N–H and O–H groups in total. The number of rotatable bonds is 4. The predicted octanol–water partition coefficient (Wildman–Crippen LogP) is 2.91. The number of benzene rings is 1. The van der Waals surface area contributed by atoms with Gasteiger partial charge in [-0.1, -0.05) is 6.07 Å². The second-order valence-electron chi connectivity index (χ2n) is 4.49. The van der Waals surface area contributed by atoms with Crippen molar-refractivity contribution < 1.29 is 26.4 Å². The van der Waals surface area contributed by atoms with Gasteiger partial charge in [-0.05, 0) is 31.0 Å². The normalized spacial score (nSPS) is 12.3. The summed E-state index contributed by atoms with van der Waals surface area (Å²) in [6.45, 7) is 2.47. The SMILES string of the molecule is Cc1cc(C)c(S(=O)(=O)Cl)cc1C(=O)NCCC(F)(F)F. The van der Waals surface area contributed by atoms with Gasteiger partial charge in [0.1, 0.15) is 0 Å². The van der Waals surface area contributed by atoms with Crippen molar-refractivity contribution in [2.24, 2.45) is 0 Å². The monoisotopic (exact) mass is 343 g/mol. The van der Waals surface area contributed by atoms with E-state index in [1.807, 2.05) is 0 Å². The molecule has 0 spiro atoms. The molecule has 0 aromatic heterocycles. The Morgan fingerprint density at radius 1 is 1.24 bits per heavy atom. The molecule has 9 heteroatoms. The van der Waals surface area contributed by atoms with Crippen molar-refractivity contribution in [3.8, 4) is 0 Å². The average molecular weight is 344 g/mol. The minimum absolute atomic E-state index is 0.0259. The summed E-state index contributed by atoms with van der Waals surface area (Å²) in [5.74, 6) is -0.779. The van der Waals surface area contributed by atoms with Crippen LogP contribution in [-0.4, -0.2) is 27.0 Å². The van der Waals surface area contributed by atoms with Crippen molar-refractivity contribution in [3.63, 3.8) is 0 Å². The summed E-state index contributed by atoms with van der Waals surface area (Å²) in [5, 5.41) is 2.10. The molecule has 0 atom stereocenters. The summed E-state index contributed by atoms with van der Waals surface area (Å²) in [6, 6.07) is 2.50. The van der Waals surface area contributed by atoms with Crippen molar-refractivity contribution in [2.75, 3.05) is 6.54 Å². The van der Waals surface area contributed by atoms with Crippen molar-refractivity contribution in [1.29, 1.82) is 0 Å². The fourth-order valence-electron chi connectivity index (χ4n) is 1.75. The molecule has 0 saturated heterocycles. The molecule has 0 aliphatic rings. The summed E-state index contributed by atoms with van der Waals surface area (Å²) in [4.78, 5) is 11.6. The Labute approximate surface area is 124 Å². The summed E-state index contributed by atoms with van der Waals surface area (Å²) in [6.07, 6.45) is -5.54. The second-order valence-corrected chi connectivity index (χ2v) is 7.03. The Morgan fingerprint density at radius 3 is 2.29 bits per heavy atom. The van der Waals surface area contributed by atoms with Crippen LogP contribution in [0.25, 0.3) is 0 Å². The number of hydrogen-bond donors (Lipinski definition) is 1. The molecule has 4 nitrogen and oxygen atoms in total. The predicted molar refractivity (Wildman–Crippen MR) is 72.0 cm³/mol. The Balaban J connectivity index is 3.00. The lowest BCUT2D eigenvalue weighted by Gasteiger charge is -2.12. The molecule has 0 aliphatic carbocycles. The van der Waals surface area contributed by atoms with Gasteiger partial charge in [0, 0.05) is 22.8 Å². The van der Waals surface area contributed by atoms with Gasteiger partial charge in [0.15, 0.2) is 0 Å². The summed E-state index contributed by atoms with van der Waals surface area (Å²) in [7, 11) is 1.21. The van der Waals surface area contributed by atoms with E-state index in [1.165, 1.54) is 13.0 Å². The molecule has 1 aromatic carbocycles. The van der Waals surface area contributed by atoms with Crippen LogP contribution in [0, 0.1) is 13.8 Å². The van der Waals surface area contributed by atoms with Crippen molar-refractivity contribution in [2.45, 2.75) is 31.3 Å². The molecular weight excluding hydrogens is 331 g/mol. The van der Waals surface area contributed by atoms with Gasteiger partial charge < -0.3 is 5.32 Å². The Bertz CT molecular complexity index is 656. The Morgan fingerprint density at radius 2 is 1.81 bits per heavy atom. The van der Waals surface area contributed by atoms with Crippen LogP contribution in [0.1, 0.15) is 27.9 Å². The number of nitrogens with one attached hydrogen (secondary N) is 1. The van der Waals surface area contributed by atoms with Crippen LogP contribution in [0.4, 0.5) is 13.2 Å². The van der Waals surface area contributed by atoms with Crippen LogP contribution in [-0.2, 0) is 9.05 Å². The minimum Gasteiger partial charge on any atom is -0.352 e. The van der Waals surface area contributed by atoms with E-state index in [-0.39, 0.29) is 10.5 Å². The maximum atomic E-state index is 12.0. The lowest BCUT2D eigenvalue weighted by atomic mass is 10.1. The van der Waals surface area contributed by atoms with E-state index in [1.54, 1.807) is 6.92 Å². The molecule has 118 valence electrons. The van der Waals surface area contributed by atoms with Crippen molar-refractivity contribution >= 4 is 25.6 Å². The maximum absolute atomic E-state index is 12.0. The minimum atomic E-state index is -4.37. The molecule has 0 unspecified atom stereocenters. The van der Waals surface area contributed by atoms with Crippen LogP contribution in [0.15, 0.2) is 17.0 Å². The lowest BCUT2D eigenvalue weighted by molar-refractivity contribution is -0.132. The molecule has 0 bridgehead atoms. The third-order valence-corrected chi connectivity index (χ3v) is 4.19. The number of carbonyl (C=O) groups is 1. The third kappa shape index (κ3) is 5.20. The number of hydrogen-bond acceptors (Lipinski definition) is 3. The van der Waals surface area contributed by atoms with Crippen LogP contribution in [0.2, 0.25) is 0 Å². The summed E-state index contributed by atoms with van der Waals surface area (Å²) in [5.41, 5.74) is 0.775. The topological polar surface area (TPSA) is 63.2 Å². The third-order valence-electron chi connectivity index (χ3n) is 2.72. The van der Waals surface area contributed by atoms with E-state index in [9.17, 15) is 26.4 Å². The number of aryl methyl sites for hydroxylation is 2. The lowest BCUT2D eigenvalue weighted by Crippen LogP contribution is -2.28. The maximum Gasteiger partial charge on any atom is 0.390 e. The van der Waals surface area contributed by atoms with Crippen LogP contribution in [0.5, 0.6) is 0 Å². The highest BCUT2D eigenvalue weighted by Gasteiger charge is 2.27. The summed E-state index contributed by atoms with van der Waals surface area (Å²) < 4.78 is 58.8. The molecule has 1 rings (SSSR count). The number of halogens is 4. The molecule has 21 heavy (non-hydrogen) atoms. The molecule has 0 heterocycles. The molecular formula is C12H13ClF3NO3S. The fraction of sp³-hybridized carbons (Fsp3) is 0.417. The first kappa shape index (κ1) is 17.8. The highest BCUT2D eigenvalue weighted by molar-refractivity contribution is 8.13. The second kappa shape index (κ2) is 6.23. The quantitative estimate of drug-likeness (QED) is 0.855. The first-order chi connectivity index (χ1) is 9.42. The molecule has 1 aromatic rings. The van der Waals surface area contributed by atoms with Gasteiger partial charge in [0.25, 0.3) is 15.0 Å². The Hall–Kier alpha value is -1.28. The van der Waals surface area contributed by atoms with E-state index in [2.05, 4.69) is 5.32 Å². The molecule has 0 radical (unpaired) electrons. The first-order valence-corrected chi connectivity index (χ1v) is 8.13. The van der Waals surface area contributed by atoms with Gasteiger partial charge in [0.2, 0.25) is 0 Å². The number of amides is 1.